The van der Waals surface area contributed by atoms with Crippen molar-refractivity contribution in [3.05, 3.63) is 18.0 Å². The number of carbonyl (C=O) groups excluding carboxylic acids is 1. The maximum atomic E-state index is 12.4. The van der Waals surface area contributed by atoms with Crippen molar-refractivity contribution in [3.8, 4) is 0 Å². The monoisotopic (exact) mass is 251 g/mol. The lowest BCUT2D eigenvalue weighted by atomic mass is 10.1. The van der Waals surface area contributed by atoms with E-state index in [0.717, 1.165) is 6.54 Å². The number of carbonyl (C=O) groups is 1. The molecule has 5 heteroatoms. The number of morpholine rings is 1. The molecule has 0 N–H and O–H groups in total. The Morgan fingerprint density at radius 3 is 3.06 bits per heavy atom. The Balaban J connectivity index is 2.09. The van der Waals surface area contributed by atoms with Crippen LogP contribution in [0.25, 0.3) is 0 Å². The van der Waals surface area contributed by atoms with Crippen LogP contribution in [0.1, 0.15) is 31.3 Å². The topological polar surface area (TPSA) is 47.4 Å². The lowest BCUT2D eigenvalue weighted by Crippen LogP contribution is -2.49. The van der Waals surface area contributed by atoms with Gasteiger partial charge in [-0.1, -0.05) is 0 Å². The summed E-state index contributed by atoms with van der Waals surface area (Å²) >= 11 is 0. The van der Waals surface area contributed by atoms with E-state index >= 15 is 0 Å². The Morgan fingerprint density at radius 2 is 2.39 bits per heavy atom. The summed E-state index contributed by atoms with van der Waals surface area (Å²) in [5.41, 5.74) is 0.646. The van der Waals surface area contributed by atoms with E-state index in [4.69, 9.17) is 4.74 Å². The van der Waals surface area contributed by atoms with Gasteiger partial charge in [0, 0.05) is 31.9 Å². The van der Waals surface area contributed by atoms with Crippen LogP contribution in [-0.4, -0.2) is 52.3 Å². The molecule has 1 aromatic rings. The fourth-order valence-electron chi connectivity index (χ4n) is 2.26. The standard InChI is InChI=1S/C13H21N3O2/c1-4-16-11(5-6-14-16)13(17)12-9-15(10(2)3)7-8-18-12/h5-6,10,12H,4,7-9H2,1-3H3. The molecule has 0 saturated carbocycles. The summed E-state index contributed by atoms with van der Waals surface area (Å²) < 4.78 is 7.33. The zero-order valence-electron chi connectivity index (χ0n) is 11.3. The van der Waals surface area contributed by atoms with E-state index in [2.05, 4.69) is 23.8 Å². The molecule has 18 heavy (non-hydrogen) atoms. The van der Waals surface area contributed by atoms with Gasteiger partial charge in [-0.3, -0.25) is 14.4 Å². The van der Waals surface area contributed by atoms with Gasteiger partial charge in [0.2, 0.25) is 5.78 Å². The number of aromatic nitrogens is 2. The second-order valence-electron chi connectivity index (χ2n) is 4.84. The van der Waals surface area contributed by atoms with Crippen molar-refractivity contribution < 1.29 is 9.53 Å². The van der Waals surface area contributed by atoms with Gasteiger partial charge >= 0.3 is 0 Å². The highest BCUT2D eigenvalue weighted by atomic mass is 16.5. The molecule has 5 nitrogen and oxygen atoms in total. The summed E-state index contributed by atoms with van der Waals surface area (Å²) in [4.78, 5) is 14.7. The van der Waals surface area contributed by atoms with Crippen molar-refractivity contribution in [2.45, 2.75) is 39.5 Å². The van der Waals surface area contributed by atoms with Crippen LogP contribution in [0.5, 0.6) is 0 Å². The zero-order chi connectivity index (χ0) is 13.1. The molecule has 100 valence electrons. The van der Waals surface area contributed by atoms with Gasteiger partial charge in [0.25, 0.3) is 0 Å². The van der Waals surface area contributed by atoms with Gasteiger partial charge in [0.1, 0.15) is 11.8 Å². The molecule has 1 aliphatic rings. The molecular formula is C13H21N3O2. The molecule has 1 unspecified atom stereocenters. The number of Topliss-reactive ketones (excluding diaryl/α,β-unsaturated/α-hetero) is 1. The van der Waals surface area contributed by atoms with E-state index in [0.29, 0.717) is 31.4 Å². The Bertz CT molecular complexity index is 414. The van der Waals surface area contributed by atoms with E-state index in [-0.39, 0.29) is 11.9 Å². The minimum Gasteiger partial charge on any atom is -0.367 e. The molecule has 0 amide bonds. The van der Waals surface area contributed by atoms with E-state index in [1.54, 1.807) is 16.9 Å². The lowest BCUT2D eigenvalue weighted by molar-refractivity contribution is -0.0260. The fraction of sp³-hybridized carbons (Fsp3) is 0.692. The maximum Gasteiger partial charge on any atom is 0.210 e. The number of ketones is 1. The first-order valence-corrected chi connectivity index (χ1v) is 6.55. The Kier molecular flexibility index (Phi) is 4.14. The number of ether oxygens (including phenoxy) is 1. The molecule has 1 fully saturated rings. The molecule has 2 heterocycles. The second-order valence-corrected chi connectivity index (χ2v) is 4.84. The predicted octanol–water partition coefficient (Wildman–Crippen LogP) is 1.19. The molecule has 1 aromatic heterocycles. The van der Waals surface area contributed by atoms with Crippen LogP contribution in [0.2, 0.25) is 0 Å². The largest absolute Gasteiger partial charge is 0.367 e. The van der Waals surface area contributed by atoms with Crippen molar-refractivity contribution in [2.24, 2.45) is 0 Å². The number of rotatable bonds is 4. The zero-order valence-corrected chi connectivity index (χ0v) is 11.3. The lowest BCUT2D eigenvalue weighted by Gasteiger charge is -2.34. The first-order chi connectivity index (χ1) is 8.63. The van der Waals surface area contributed by atoms with Crippen LogP contribution in [0.15, 0.2) is 12.3 Å². The SMILES string of the molecule is CCn1nccc1C(=O)C1CN(C(C)C)CCO1. The van der Waals surface area contributed by atoms with Gasteiger partial charge in [-0.05, 0) is 26.8 Å². The highest BCUT2D eigenvalue weighted by molar-refractivity contribution is 5.98. The molecule has 0 radical (unpaired) electrons. The average molecular weight is 251 g/mol. The summed E-state index contributed by atoms with van der Waals surface area (Å²) in [5, 5.41) is 4.13. The molecule has 0 bridgehead atoms. The molecule has 1 aliphatic heterocycles. The number of hydrogen-bond donors (Lipinski definition) is 0. The highest BCUT2D eigenvalue weighted by Crippen LogP contribution is 2.13. The summed E-state index contributed by atoms with van der Waals surface area (Å²) in [6, 6.07) is 2.21. The molecule has 0 aromatic carbocycles. The van der Waals surface area contributed by atoms with Crippen LogP contribution < -0.4 is 0 Å². The minimum atomic E-state index is -0.358. The summed E-state index contributed by atoms with van der Waals surface area (Å²) in [7, 11) is 0. The smallest absolute Gasteiger partial charge is 0.210 e. The third kappa shape index (κ3) is 2.62. The maximum absolute atomic E-state index is 12.4. The van der Waals surface area contributed by atoms with Gasteiger partial charge in [-0.15, -0.1) is 0 Å². The summed E-state index contributed by atoms with van der Waals surface area (Å²) in [6.07, 6.45) is 1.31. The van der Waals surface area contributed by atoms with Gasteiger partial charge in [-0.2, -0.15) is 5.10 Å². The van der Waals surface area contributed by atoms with E-state index in [1.165, 1.54) is 0 Å². The molecule has 2 rings (SSSR count). The van der Waals surface area contributed by atoms with E-state index in [9.17, 15) is 4.79 Å². The predicted molar refractivity (Wildman–Crippen MR) is 68.7 cm³/mol. The average Bonchev–Trinajstić information content (AvgIpc) is 2.86. The summed E-state index contributed by atoms with van der Waals surface area (Å²) in [6.45, 7) is 9.15. The highest BCUT2D eigenvalue weighted by Gasteiger charge is 2.30. The van der Waals surface area contributed by atoms with Crippen LogP contribution in [-0.2, 0) is 11.3 Å². The van der Waals surface area contributed by atoms with Crippen molar-refractivity contribution >= 4 is 5.78 Å². The minimum absolute atomic E-state index is 0.0414. The van der Waals surface area contributed by atoms with Crippen LogP contribution in [0, 0.1) is 0 Å². The van der Waals surface area contributed by atoms with Crippen LogP contribution in [0.3, 0.4) is 0 Å². The first-order valence-electron chi connectivity index (χ1n) is 6.55. The van der Waals surface area contributed by atoms with Crippen LogP contribution >= 0.6 is 0 Å². The van der Waals surface area contributed by atoms with E-state index in [1.807, 2.05) is 6.92 Å². The Morgan fingerprint density at radius 1 is 1.61 bits per heavy atom. The molecule has 0 spiro atoms. The van der Waals surface area contributed by atoms with E-state index < -0.39 is 0 Å². The quantitative estimate of drug-likeness (QED) is 0.754. The van der Waals surface area contributed by atoms with Crippen molar-refractivity contribution in [1.82, 2.24) is 14.7 Å². The third-order valence-corrected chi connectivity index (χ3v) is 3.39. The van der Waals surface area contributed by atoms with Gasteiger partial charge in [0.05, 0.1) is 6.61 Å². The van der Waals surface area contributed by atoms with Gasteiger partial charge < -0.3 is 4.74 Å². The van der Waals surface area contributed by atoms with Crippen molar-refractivity contribution in [2.75, 3.05) is 19.7 Å². The summed E-state index contributed by atoms with van der Waals surface area (Å²) in [5.74, 6) is 0.0414. The fourth-order valence-corrected chi connectivity index (χ4v) is 2.26. The first kappa shape index (κ1) is 13.2. The van der Waals surface area contributed by atoms with Crippen LogP contribution in [0.4, 0.5) is 0 Å². The Hall–Kier alpha value is -1.20. The number of nitrogens with zero attached hydrogens (tertiary/aromatic N) is 3. The van der Waals surface area contributed by atoms with Gasteiger partial charge in [-0.25, -0.2) is 0 Å². The van der Waals surface area contributed by atoms with Crippen molar-refractivity contribution in [3.63, 3.8) is 0 Å². The third-order valence-electron chi connectivity index (χ3n) is 3.39. The molecule has 0 aliphatic carbocycles. The van der Waals surface area contributed by atoms with Crippen molar-refractivity contribution in [1.29, 1.82) is 0 Å². The number of hydrogen-bond acceptors (Lipinski definition) is 4. The Labute approximate surface area is 108 Å². The van der Waals surface area contributed by atoms with Gasteiger partial charge in [0.15, 0.2) is 0 Å². The number of aryl methyl sites for hydroxylation is 1. The normalized spacial score (nSPS) is 21.4. The molecular weight excluding hydrogens is 230 g/mol. The molecule has 1 atom stereocenters. The molecule has 1 saturated heterocycles. The second kappa shape index (κ2) is 5.63.